The molecule has 8 nitrogen and oxygen atoms in total. The Balaban J connectivity index is 1.61. The summed E-state index contributed by atoms with van der Waals surface area (Å²) in [4.78, 5) is 33.8. The lowest BCUT2D eigenvalue weighted by Crippen LogP contribution is -2.41. The van der Waals surface area contributed by atoms with E-state index in [-0.39, 0.29) is 17.2 Å². The van der Waals surface area contributed by atoms with Crippen LogP contribution in [0.2, 0.25) is 0 Å². The van der Waals surface area contributed by atoms with Crippen LogP contribution < -0.4 is 5.56 Å². The van der Waals surface area contributed by atoms with E-state index in [9.17, 15) is 9.59 Å². The molecular weight excluding hydrogens is 366 g/mol. The number of carbonyl (C=O) groups is 1. The van der Waals surface area contributed by atoms with E-state index in [0.717, 1.165) is 11.3 Å². The van der Waals surface area contributed by atoms with Crippen molar-refractivity contribution in [1.82, 2.24) is 24.6 Å². The third-order valence-electron chi connectivity index (χ3n) is 4.46. The molecule has 1 fully saturated rings. The van der Waals surface area contributed by atoms with Gasteiger partial charge in [0.1, 0.15) is 5.39 Å². The highest BCUT2D eigenvalue weighted by molar-refractivity contribution is 7.99. The van der Waals surface area contributed by atoms with Crippen LogP contribution >= 0.6 is 11.8 Å². The highest BCUT2D eigenvalue weighted by atomic mass is 32.2. The number of thioether (sulfide) groups is 1. The van der Waals surface area contributed by atoms with Gasteiger partial charge in [0.25, 0.3) is 5.56 Å². The Hall–Kier alpha value is -2.65. The number of aromatic amines is 1. The van der Waals surface area contributed by atoms with E-state index in [1.165, 1.54) is 18.0 Å². The predicted octanol–water partition coefficient (Wildman–Crippen LogP) is 1.37. The first-order chi connectivity index (χ1) is 13.1. The van der Waals surface area contributed by atoms with Crippen molar-refractivity contribution in [2.75, 3.05) is 32.1 Å². The van der Waals surface area contributed by atoms with E-state index in [4.69, 9.17) is 4.74 Å². The van der Waals surface area contributed by atoms with E-state index in [0.29, 0.717) is 42.5 Å². The molecule has 9 heteroatoms. The molecule has 3 aromatic rings. The SMILES string of the molecule is Cc1ccccc1-n1ncc2c(=O)[nH]c(SCC(=O)N3CCOCC3)nc21. The summed E-state index contributed by atoms with van der Waals surface area (Å²) in [5, 5.41) is 5.16. The Morgan fingerprint density at radius 2 is 2.07 bits per heavy atom. The van der Waals surface area contributed by atoms with Crippen molar-refractivity contribution in [1.29, 1.82) is 0 Å². The quantitative estimate of drug-likeness (QED) is 0.539. The van der Waals surface area contributed by atoms with Crippen LogP contribution in [0.1, 0.15) is 5.56 Å². The molecule has 2 aromatic heterocycles. The van der Waals surface area contributed by atoms with Gasteiger partial charge in [0.05, 0.1) is 30.9 Å². The first-order valence-electron chi connectivity index (χ1n) is 8.66. The second-order valence-electron chi connectivity index (χ2n) is 6.23. The maximum absolute atomic E-state index is 12.4. The van der Waals surface area contributed by atoms with Gasteiger partial charge in [-0.2, -0.15) is 5.10 Å². The van der Waals surface area contributed by atoms with Crippen LogP contribution in [0.4, 0.5) is 0 Å². The minimum atomic E-state index is -0.263. The monoisotopic (exact) mass is 385 g/mol. The van der Waals surface area contributed by atoms with E-state index < -0.39 is 0 Å². The average Bonchev–Trinajstić information content (AvgIpc) is 3.11. The minimum Gasteiger partial charge on any atom is -0.378 e. The molecule has 27 heavy (non-hydrogen) atoms. The van der Waals surface area contributed by atoms with Crippen LogP contribution in [0.15, 0.2) is 40.4 Å². The molecule has 0 radical (unpaired) electrons. The number of carbonyl (C=O) groups excluding carboxylic acids is 1. The summed E-state index contributed by atoms with van der Waals surface area (Å²) in [7, 11) is 0. The lowest BCUT2D eigenvalue weighted by Gasteiger charge is -2.26. The molecule has 1 aromatic carbocycles. The van der Waals surface area contributed by atoms with E-state index in [1.807, 2.05) is 31.2 Å². The second kappa shape index (κ2) is 7.53. The van der Waals surface area contributed by atoms with Gasteiger partial charge < -0.3 is 14.6 Å². The molecule has 0 saturated carbocycles. The summed E-state index contributed by atoms with van der Waals surface area (Å²) in [6.07, 6.45) is 1.51. The molecule has 1 saturated heterocycles. The number of benzene rings is 1. The Labute approximate surface area is 159 Å². The van der Waals surface area contributed by atoms with Crippen LogP contribution in [-0.2, 0) is 9.53 Å². The summed E-state index contributed by atoms with van der Waals surface area (Å²) in [5.74, 6) is 0.228. The van der Waals surface area contributed by atoms with Crippen molar-refractivity contribution in [3.05, 3.63) is 46.4 Å². The van der Waals surface area contributed by atoms with Crippen LogP contribution in [-0.4, -0.2) is 62.6 Å². The van der Waals surface area contributed by atoms with Gasteiger partial charge in [-0.3, -0.25) is 9.59 Å². The number of para-hydroxylation sites is 1. The first-order valence-corrected chi connectivity index (χ1v) is 9.64. The number of nitrogens with zero attached hydrogens (tertiary/aromatic N) is 4. The molecule has 3 heterocycles. The van der Waals surface area contributed by atoms with Crippen molar-refractivity contribution >= 4 is 28.7 Å². The number of aryl methyl sites for hydroxylation is 1. The average molecular weight is 385 g/mol. The fraction of sp³-hybridized carbons (Fsp3) is 0.333. The van der Waals surface area contributed by atoms with Crippen LogP contribution in [0.25, 0.3) is 16.7 Å². The van der Waals surface area contributed by atoms with Gasteiger partial charge in [0.2, 0.25) is 5.91 Å². The van der Waals surface area contributed by atoms with Crippen molar-refractivity contribution in [2.45, 2.75) is 12.1 Å². The Morgan fingerprint density at radius 1 is 1.30 bits per heavy atom. The summed E-state index contributed by atoms with van der Waals surface area (Å²) in [6.45, 7) is 4.30. The van der Waals surface area contributed by atoms with Gasteiger partial charge >= 0.3 is 0 Å². The third-order valence-corrected chi connectivity index (χ3v) is 5.31. The van der Waals surface area contributed by atoms with Crippen LogP contribution in [0.5, 0.6) is 0 Å². The summed E-state index contributed by atoms with van der Waals surface area (Å²) in [5.41, 5.74) is 2.11. The predicted molar refractivity (Wildman–Crippen MR) is 102 cm³/mol. The van der Waals surface area contributed by atoms with E-state index >= 15 is 0 Å². The van der Waals surface area contributed by atoms with Gasteiger partial charge in [0, 0.05) is 13.1 Å². The number of fused-ring (bicyclic) bond motifs is 1. The molecular formula is C18H19N5O3S. The summed E-state index contributed by atoms with van der Waals surface area (Å²) < 4.78 is 6.92. The van der Waals surface area contributed by atoms with Gasteiger partial charge in [0.15, 0.2) is 10.8 Å². The van der Waals surface area contributed by atoms with Crippen molar-refractivity contribution < 1.29 is 9.53 Å². The fourth-order valence-electron chi connectivity index (χ4n) is 2.98. The molecule has 1 amide bonds. The largest absolute Gasteiger partial charge is 0.378 e. The highest BCUT2D eigenvalue weighted by Crippen LogP contribution is 2.20. The Bertz CT molecular complexity index is 1040. The molecule has 1 N–H and O–H groups in total. The minimum absolute atomic E-state index is 0.0125. The molecule has 0 spiro atoms. The van der Waals surface area contributed by atoms with Gasteiger partial charge in [-0.25, -0.2) is 9.67 Å². The van der Waals surface area contributed by atoms with Gasteiger partial charge in [-0.05, 0) is 18.6 Å². The number of ether oxygens (including phenoxy) is 1. The second-order valence-corrected chi connectivity index (χ2v) is 7.20. The number of aromatic nitrogens is 4. The lowest BCUT2D eigenvalue weighted by molar-refractivity contribution is -0.132. The zero-order valence-corrected chi connectivity index (χ0v) is 15.7. The highest BCUT2D eigenvalue weighted by Gasteiger charge is 2.18. The standard InChI is InChI=1S/C18H19N5O3S/c1-12-4-2-3-5-14(12)23-16-13(10-19-23)17(25)21-18(20-16)27-11-15(24)22-6-8-26-9-7-22/h2-5,10H,6-9,11H2,1H3,(H,20,21,25). The zero-order valence-electron chi connectivity index (χ0n) is 14.8. The van der Waals surface area contributed by atoms with E-state index in [1.54, 1.807) is 9.58 Å². The number of nitrogens with one attached hydrogen (secondary N) is 1. The lowest BCUT2D eigenvalue weighted by atomic mass is 10.2. The number of hydrogen-bond acceptors (Lipinski definition) is 6. The zero-order chi connectivity index (χ0) is 18.8. The van der Waals surface area contributed by atoms with E-state index in [2.05, 4.69) is 15.1 Å². The summed E-state index contributed by atoms with van der Waals surface area (Å²) in [6, 6.07) is 7.77. The maximum atomic E-state index is 12.4. The Morgan fingerprint density at radius 3 is 2.85 bits per heavy atom. The third kappa shape index (κ3) is 3.60. The number of rotatable bonds is 4. The van der Waals surface area contributed by atoms with Gasteiger partial charge in [-0.1, -0.05) is 30.0 Å². The van der Waals surface area contributed by atoms with Crippen molar-refractivity contribution in [3.63, 3.8) is 0 Å². The molecule has 0 aliphatic carbocycles. The number of hydrogen-bond donors (Lipinski definition) is 1. The molecule has 0 atom stereocenters. The smallest absolute Gasteiger partial charge is 0.262 e. The number of H-pyrrole nitrogens is 1. The first kappa shape index (κ1) is 17.7. The molecule has 0 bridgehead atoms. The maximum Gasteiger partial charge on any atom is 0.262 e. The van der Waals surface area contributed by atoms with Crippen molar-refractivity contribution in [2.24, 2.45) is 0 Å². The molecule has 140 valence electrons. The topological polar surface area (TPSA) is 93.1 Å². The molecule has 4 rings (SSSR count). The normalized spacial score (nSPS) is 14.6. The number of morpholine rings is 1. The van der Waals surface area contributed by atoms with Crippen LogP contribution in [0, 0.1) is 6.92 Å². The van der Waals surface area contributed by atoms with Crippen LogP contribution in [0.3, 0.4) is 0 Å². The molecule has 1 aliphatic heterocycles. The summed E-state index contributed by atoms with van der Waals surface area (Å²) >= 11 is 1.22. The fourth-order valence-corrected chi connectivity index (χ4v) is 3.74. The Kier molecular flexibility index (Phi) is 4.95. The number of amides is 1. The molecule has 0 unspecified atom stereocenters. The molecule has 1 aliphatic rings. The van der Waals surface area contributed by atoms with Crippen molar-refractivity contribution in [3.8, 4) is 5.69 Å². The van der Waals surface area contributed by atoms with Gasteiger partial charge in [-0.15, -0.1) is 0 Å².